The van der Waals surface area contributed by atoms with E-state index in [4.69, 9.17) is 23.2 Å². The molecule has 0 aromatic heterocycles. The molecule has 0 bridgehead atoms. The summed E-state index contributed by atoms with van der Waals surface area (Å²) in [6, 6.07) is 5.69. The Morgan fingerprint density at radius 3 is 2.65 bits per heavy atom. The maximum absolute atomic E-state index is 6.13. The Hall–Kier alpha value is -0.240. The molecule has 1 fully saturated rings. The Morgan fingerprint density at radius 2 is 2.06 bits per heavy atom. The van der Waals surface area contributed by atoms with Crippen molar-refractivity contribution in [3.05, 3.63) is 33.8 Å². The molecule has 0 amide bonds. The average Bonchev–Trinajstić information content (AvgIpc) is 3.02. The number of hydrogen-bond donors (Lipinski definition) is 1. The van der Waals surface area contributed by atoms with Crippen LogP contribution in [-0.4, -0.2) is 6.54 Å². The highest BCUT2D eigenvalue weighted by molar-refractivity contribution is 6.35. The fourth-order valence-corrected chi connectivity index (χ4v) is 2.82. The minimum absolute atomic E-state index is 0.591. The molecule has 0 radical (unpaired) electrons. The molecule has 1 nitrogen and oxygen atoms in total. The van der Waals surface area contributed by atoms with E-state index in [1.54, 1.807) is 6.07 Å². The smallest absolute Gasteiger partial charge is 0.0465 e. The van der Waals surface area contributed by atoms with Crippen molar-refractivity contribution in [3.8, 4) is 0 Å². The van der Waals surface area contributed by atoms with Gasteiger partial charge in [0.25, 0.3) is 0 Å². The van der Waals surface area contributed by atoms with E-state index in [9.17, 15) is 0 Å². The maximum atomic E-state index is 6.13. The molecule has 0 unspecified atom stereocenters. The topological polar surface area (TPSA) is 12.0 Å². The van der Waals surface area contributed by atoms with Crippen LogP contribution >= 0.6 is 23.2 Å². The third-order valence-corrected chi connectivity index (χ3v) is 4.15. The standard InChI is InChI=1S/C14H19Cl2N/c1-2-5-14(6-7-14)10-17-9-11-3-4-12(15)8-13(11)16/h3-4,8,17H,2,5-7,9-10H2,1H3. The summed E-state index contributed by atoms with van der Waals surface area (Å²) in [6.07, 6.45) is 5.38. The highest BCUT2D eigenvalue weighted by atomic mass is 35.5. The van der Waals surface area contributed by atoms with Gasteiger partial charge >= 0.3 is 0 Å². The maximum Gasteiger partial charge on any atom is 0.0465 e. The third kappa shape index (κ3) is 3.61. The minimum atomic E-state index is 0.591. The van der Waals surface area contributed by atoms with Gasteiger partial charge in [-0.1, -0.05) is 42.6 Å². The molecule has 1 aliphatic carbocycles. The van der Waals surface area contributed by atoms with Crippen LogP contribution in [0.4, 0.5) is 0 Å². The first-order chi connectivity index (χ1) is 8.15. The van der Waals surface area contributed by atoms with Crippen LogP contribution in [0.15, 0.2) is 18.2 Å². The van der Waals surface area contributed by atoms with Gasteiger partial charge in [-0.05, 0) is 42.4 Å². The molecule has 2 rings (SSSR count). The van der Waals surface area contributed by atoms with Crippen LogP contribution in [-0.2, 0) is 6.54 Å². The first-order valence-corrected chi connectivity index (χ1v) is 7.05. The molecule has 1 saturated carbocycles. The predicted molar refractivity (Wildman–Crippen MR) is 74.7 cm³/mol. The second-order valence-electron chi connectivity index (χ2n) is 5.09. The molecular formula is C14H19Cl2N. The molecule has 94 valence electrons. The van der Waals surface area contributed by atoms with Crippen LogP contribution in [0, 0.1) is 5.41 Å². The molecule has 0 heterocycles. The zero-order chi connectivity index (χ0) is 12.3. The fraction of sp³-hybridized carbons (Fsp3) is 0.571. The minimum Gasteiger partial charge on any atom is -0.312 e. The lowest BCUT2D eigenvalue weighted by Gasteiger charge is -2.15. The van der Waals surface area contributed by atoms with Crippen molar-refractivity contribution in [2.45, 2.75) is 39.2 Å². The quantitative estimate of drug-likeness (QED) is 0.794. The highest BCUT2D eigenvalue weighted by Crippen LogP contribution is 2.48. The Kier molecular flexibility index (Phi) is 4.35. The molecule has 3 heteroatoms. The van der Waals surface area contributed by atoms with Gasteiger partial charge in [0.15, 0.2) is 0 Å². The Labute approximate surface area is 114 Å². The first kappa shape index (κ1) is 13.2. The van der Waals surface area contributed by atoms with Gasteiger partial charge in [0.2, 0.25) is 0 Å². The zero-order valence-electron chi connectivity index (χ0n) is 10.2. The van der Waals surface area contributed by atoms with Crippen molar-refractivity contribution >= 4 is 23.2 Å². The van der Waals surface area contributed by atoms with Crippen molar-refractivity contribution in [3.63, 3.8) is 0 Å². The largest absolute Gasteiger partial charge is 0.312 e. The van der Waals surface area contributed by atoms with E-state index in [2.05, 4.69) is 12.2 Å². The lowest BCUT2D eigenvalue weighted by Crippen LogP contribution is -2.23. The van der Waals surface area contributed by atoms with Gasteiger partial charge in [0, 0.05) is 23.1 Å². The van der Waals surface area contributed by atoms with Gasteiger partial charge in [-0.3, -0.25) is 0 Å². The SMILES string of the molecule is CCCC1(CNCc2ccc(Cl)cc2Cl)CC1. The number of hydrogen-bond acceptors (Lipinski definition) is 1. The van der Waals surface area contributed by atoms with E-state index < -0.39 is 0 Å². The number of halogens is 2. The van der Waals surface area contributed by atoms with E-state index in [0.29, 0.717) is 10.4 Å². The van der Waals surface area contributed by atoms with Crippen LogP contribution in [0.25, 0.3) is 0 Å². The molecule has 0 spiro atoms. The van der Waals surface area contributed by atoms with Crippen LogP contribution in [0.2, 0.25) is 10.0 Å². The van der Waals surface area contributed by atoms with E-state index in [1.807, 2.05) is 12.1 Å². The van der Waals surface area contributed by atoms with Gasteiger partial charge in [-0.15, -0.1) is 0 Å². The van der Waals surface area contributed by atoms with Crippen molar-refractivity contribution in [2.75, 3.05) is 6.54 Å². The summed E-state index contributed by atoms with van der Waals surface area (Å²) in [6.45, 7) is 4.21. The summed E-state index contributed by atoms with van der Waals surface area (Å²) in [5.74, 6) is 0. The van der Waals surface area contributed by atoms with Crippen molar-refractivity contribution in [1.29, 1.82) is 0 Å². The van der Waals surface area contributed by atoms with Gasteiger partial charge in [-0.25, -0.2) is 0 Å². The second kappa shape index (κ2) is 5.60. The van der Waals surface area contributed by atoms with Crippen LogP contribution in [0.3, 0.4) is 0 Å². The summed E-state index contributed by atoms with van der Waals surface area (Å²) in [5.41, 5.74) is 1.72. The fourth-order valence-electron chi connectivity index (χ4n) is 2.35. The molecule has 1 aliphatic rings. The molecule has 0 atom stereocenters. The molecule has 1 aromatic rings. The molecule has 0 aliphatic heterocycles. The van der Waals surface area contributed by atoms with Gasteiger partial charge in [0.1, 0.15) is 0 Å². The zero-order valence-corrected chi connectivity index (χ0v) is 11.7. The lowest BCUT2D eigenvalue weighted by molar-refractivity contribution is 0.421. The monoisotopic (exact) mass is 271 g/mol. The summed E-state index contributed by atoms with van der Waals surface area (Å²) in [4.78, 5) is 0. The second-order valence-corrected chi connectivity index (χ2v) is 5.93. The van der Waals surface area contributed by atoms with Crippen molar-refractivity contribution < 1.29 is 0 Å². The van der Waals surface area contributed by atoms with E-state index in [0.717, 1.165) is 23.7 Å². The molecule has 1 aromatic carbocycles. The number of nitrogens with one attached hydrogen (secondary N) is 1. The lowest BCUT2D eigenvalue weighted by atomic mass is 10.0. The summed E-state index contributed by atoms with van der Waals surface area (Å²) in [5, 5.41) is 4.97. The molecular weight excluding hydrogens is 253 g/mol. The highest BCUT2D eigenvalue weighted by Gasteiger charge is 2.40. The van der Waals surface area contributed by atoms with Gasteiger partial charge in [-0.2, -0.15) is 0 Å². The summed E-state index contributed by atoms with van der Waals surface area (Å²) in [7, 11) is 0. The van der Waals surface area contributed by atoms with Gasteiger partial charge in [0.05, 0.1) is 0 Å². The average molecular weight is 272 g/mol. The van der Waals surface area contributed by atoms with Crippen molar-refractivity contribution in [1.82, 2.24) is 5.32 Å². The van der Waals surface area contributed by atoms with Crippen LogP contribution in [0.5, 0.6) is 0 Å². The normalized spacial score (nSPS) is 17.1. The van der Waals surface area contributed by atoms with Crippen LogP contribution < -0.4 is 5.32 Å². The number of benzene rings is 1. The van der Waals surface area contributed by atoms with E-state index in [1.165, 1.54) is 25.7 Å². The first-order valence-electron chi connectivity index (χ1n) is 6.30. The summed E-state index contributed by atoms with van der Waals surface area (Å²) < 4.78 is 0. The molecule has 0 saturated heterocycles. The van der Waals surface area contributed by atoms with Gasteiger partial charge < -0.3 is 5.32 Å². The van der Waals surface area contributed by atoms with Crippen LogP contribution in [0.1, 0.15) is 38.2 Å². The summed E-state index contributed by atoms with van der Waals surface area (Å²) >= 11 is 12.0. The predicted octanol–water partition coefficient (Wildman–Crippen LogP) is 4.66. The van der Waals surface area contributed by atoms with E-state index in [-0.39, 0.29) is 0 Å². The Morgan fingerprint density at radius 1 is 1.29 bits per heavy atom. The van der Waals surface area contributed by atoms with Crippen molar-refractivity contribution in [2.24, 2.45) is 5.41 Å². The Bertz CT molecular complexity index is 386. The Balaban J connectivity index is 1.82. The number of rotatable bonds is 6. The third-order valence-electron chi connectivity index (χ3n) is 3.57. The molecule has 17 heavy (non-hydrogen) atoms. The van der Waals surface area contributed by atoms with E-state index >= 15 is 0 Å². The molecule has 1 N–H and O–H groups in total.